The minimum absolute atomic E-state index is 0.309. The maximum absolute atomic E-state index is 11.9. The highest BCUT2D eigenvalue weighted by molar-refractivity contribution is 7.17. The average molecular weight is 324 g/mol. The zero-order valence-corrected chi connectivity index (χ0v) is 13.4. The summed E-state index contributed by atoms with van der Waals surface area (Å²) in [7, 11) is 0. The zero-order valence-electron chi connectivity index (χ0n) is 12.6. The number of unbranched alkanes of at least 4 members (excludes halogenated alkanes) is 1. The summed E-state index contributed by atoms with van der Waals surface area (Å²) in [6.07, 6.45) is 4.66. The van der Waals surface area contributed by atoms with Crippen LogP contribution in [0.4, 0.5) is 5.00 Å². The third kappa shape index (κ3) is 3.85. The number of rotatable bonds is 7. The van der Waals surface area contributed by atoms with Crippen molar-refractivity contribution < 1.29 is 19.1 Å². The van der Waals surface area contributed by atoms with Crippen molar-refractivity contribution in [2.45, 2.75) is 45.4 Å². The summed E-state index contributed by atoms with van der Waals surface area (Å²) < 4.78 is 4.89. The van der Waals surface area contributed by atoms with Crippen LogP contribution in [-0.4, -0.2) is 24.4 Å². The highest BCUT2D eigenvalue weighted by Gasteiger charge is 2.26. The molecule has 1 aromatic heterocycles. The Morgan fingerprint density at radius 3 is 2.77 bits per heavy atom. The molecule has 7 heteroatoms. The fraction of sp³-hybridized carbons (Fsp3) is 0.533. The van der Waals surface area contributed by atoms with E-state index in [4.69, 9.17) is 10.5 Å². The number of thiophene rings is 1. The van der Waals surface area contributed by atoms with Gasteiger partial charge in [0.05, 0.1) is 5.56 Å². The highest BCUT2D eigenvalue weighted by Crippen LogP contribution is 2.38. The van der Waals surface area contributed by atoms with Gasteiger partial charge in [0, 0.05) is 11.3 Å². The lowest BCUT2D eigenvalue weighted by molar-refractivity contribution is -0.147. The zero-order chi connectivity index (χ0) is 16.1. The van der Waals surface area contributed by atoms with E-state index in [2.05, 4.69) is 5.32 Å². The van der Waals surface area contributed by atoms with E-state index >= 15 is 0 Å². The van der Waals surface area contributed by atoms with Crippen molar-refractivity contribution in [3.8, 4) is 0 Å². The van der Waals surface area contributed by atoms with Gasteiger partial charge in [-0.1, -0.05) is 13.3 Å². The van der Waals surface area contributed by atoms with Crippen LogP contribution in [0.3, 0.4) is 0 Å². The first-order valence-corrected chi connectivity index (χ1v) is 8.24. The molecule has 0 fully saturated rings. The van der Waals surface area contributed by atoms with Crippen LogP contribution in [0, 0.1) is 0 Å². The number of carbonyl (C=O) groups excluding carboxylic acids is 3. The van der Waals surface area contributed by atoms with Crippen LogP contribution in [0.5, 0.6) is 0 Å². The van der Waals surface area contributed by atoms with Crippen LogP contribution >= 0.6 is 11.3 Å². The van der Waals surface area contributed by atoms with Crippen LogP contribution in [0.2, 0.25) is 0 Å². The van der Waals surface area contributed by atoms with Crippen LogP contribution in [0.15, 0.2) is 0 Å². The summed E-state index contributed by atoms with van der Waals surface area (Å²) in [6, 6.07) is 0. The number of hydrogen-bond donors (Lipinski definition) is 2. The number of nitrogens with one attached hydrogen (secondary N) is 1. The lowest BCUT2D eigenvalue weighted by Crippen LogP contribution is -2.22. The summed E-state index contributed by atoms with van der Waals surface area (Å²) in [5.41, 5.74) is 6.77. The van der Waals surface area contributed by atoms with Gasteiger partial charge in [-0.3, -0.25) is 14.4 Å². The topological polar surface area (TPSA) is 98.5 Å². The normalized spacial score (nSPS) is 12.8. The summed E-state index contributed by atoms with van der Waals surface area (Å²) in [6.45, 7) is 1.63. The van der Waals surface area contributed by atoms with Gasteiger partial charge < -0.3 is 15.8 Å². The molecule has 22 heavy (non-hydrogen) atoms. The largest absolute Gasteiger partial charge is 0.456 e. The Balaban J connectivity index is 1.95. The van der Waals surface area contributed by atoms with Crippen molar-refractivity contribution in [3.05, 3.63) is 16.0 Å². The molecule has 0 bridgehead atoms. The van der Waals surface area contributed by atoms with Crippen molar-refractivity contribution >= 4 is 34.1 Å². The molecule has 3 N–H and O–H groups in total. The van der Waals surface area contributed by atoms with Crippen LogP contribution < -0.4 is 11.1 Å². The summed E-state index contributed by atoms with van der Waals surface area (Å²) in [5, 5.41) is 3.10. The van der Waals surface area contributed by atoms with Gasteiger partial charge in [-0.2, -0.15) is 0 Å². The quantitative estimate of drug-likeness (QED) is 0.749. The third-order valence-corrected chi connectivity index (χ3v) is 4.73. The molecule has 120 valence electrons. The Hall–Kier alpha value is -1.89. The fourth-order valence-electron chi connectivity index (χ4n) is 2.46. The highest BCUT2D eigenvalue weighted by atomic mass is 32.1. The Kier molecular flexibility index (Phi) is 5.54. The van der Waals surface area contributed by atoms with Gasteiger partial charge in [-0.05, 0) is 31.2 Å². The number of carbonyl (C=O) groups is 3. The van der Waals surface area contributed by atoms with Gasteiger partial charge in [0.1, 0.15) is 5.00 Å². The van der Waals surface area contributed by atoms with Crippen LogP contribution in [0.25, 0.3) is 0 Å². The molecule has 2 rings (SSSR count). The summed E-state index contributed by atoms with van der Waals surface area (Å²) >= 11 is 1.38. The fourth-order valence-corrected chi connectivity index (χ4v) is 3.77. The molecule has 0 atom stereocenters. The number of aryl methyl sites for hydroxylation is 1. The number of fused-ring (bicyclic) bond motifs is 1. The monoisotopic (exact) mass is 324 g/mol. The molecule has 0 radical (unpaired) electrons. The number of nitrogens with two attached hydrogens (primary N) is 1. The second kappa shape index (κ2) is 7.40. The predicted molar refractivity (Wildman–Crippen MR) is 84.0 cm³/mol. The molecule has 1 aliphatic carbocycles. The molecule has 1 heterocycles. The van der Waals surface area contributed by atoms with Gasteiger partial charge in [0.2, 0.25) is 0 Å². The van der Waals surface area contributed by atoms with Gasteiger partial charge in [0.15, 0.2) is 6.61 Å². The summed E-state index contributed by atoms with van der Waals surface area (Å²) in [4.78, 5) is 35.9. The summed E-state index contributed by atoms with van der Waals surface area (Å²) in [5.74, 6) is -1.37. The first-order valence-electron chi connectivity index (χ1n) is 7.42. The number of esters is 1. The number of anilines is 1. The number of hydrogen-bond acceptors (Lipinski definition) is 5. The van der Waals surface area contributed by atoms with Crippen LogP contribution in [0.1, 0.15) is 53.4 Å². The molecule has 1 aliphatic rings. The lowest BCUT2D eigenvalue weighted by atomic mass is 10.1. The average Bonchev–Trinajstić information content (AvgIpc) is 3.02. The molecule has 6 nitrogen and oxygen atoms in total. The SMILES string of the molecule is CCCCC(=O)OCC(=O)Nc1sc2c(c1C(N)=O)CCC2. The maximum atomic E-state index is 11.9. The van der Waals surface area contributed by atoms with Gasteiger partial charge in [-0.15, -0.1) is 11.3 Å². The van der Waals surface area contributed by atoms with Crippen molar-refractivity contribution in [1.29, 1.82) is 0 Å². The molecule has 0 aromatic carbocycles. The van der Waals surface area contributed by atoms with Crippen molar-refractivity contribution in [2.75, 3.05) is 11.9 Å². The molecular formula is C15H20N2O4S. The second-order valence-electron chi connectivity index (χ2n) is 5.24. The van der Waals surface area contributed by atoms with Crippen molar-refractivity contribution in [2.24, 2.45) is 5.73 Å². The molecule has 0 aliphatic heterocycles. The molecule has 0 saturated heterocycles. The smallest absolute Gasteiger partial charge is 0.306 e. The second-order valence-corrected chi connectivity index (χ2v) is 6.34. The Morgan fingerprint density at radius 2 is 2.09 bits per heavy atom. The molecule has 1 aromatic rings. The lowest BCUT2D eigenvalue weighted by Gasteiger charge is -2.07. The molecule has 2 amide bonds. The minimum atomic E-state index is -0.533. The van der Waals surface area contributed by atoms with E-state index in [-0.39, 0.29) is 12.6 Å². The van der Waals surface area contributed by atoms with E-state index in [1.54, 1.807) is 0 Å². The Bertz CT molecular complexity index is 595. The molecule has 0 unspecified atom stereocenters. The van der Waals surface area contributed by atoms with Gasteiger partial charge in [-0.25, -0.2) is 0 Å². The van der Waals surface area contributed by atoms with E-state index in [9.17, 15) is 14.4 Å². The number of primary amides is 1. The van der Waals surface area contributed by atoms with E-state index in [0.29, 0.717) is 17.0 Å². The Labute approximate surface area is 133 Å². The third-order valence-electron chi connectivity index (χ3n) is 3.52. The minimum Gasteiger partial charge on any atom is -0.456 e. The first-order chi connectivity index (χ1) is 10.5. The standard InChI is InChI=1S/C15H20N2O4S/c1-2-3-7-12(19)21-8-11(18)17-15-13(14(16)20)9-5-4-6-10(9)22-15/h2-8H2,1H3,(H2,16,20)(H,17,18). The van der Waals surface area contributed by atoms with E-state index in [0.717, 1.165) is 42.5 Å². The Morgan fingerprint density at radius 1 is 1.32 bits per heavy atom. The molecule has 0 spiro atoms. The molecular weight excluding hydrogens is 304 g/mol. The molecule has 0 saturated carbocycles. The van der Waals surface area contributed by atoms with E-state index in [1.807, 2.05) is 6.92 Å². The van der Waals surface area contributed by atoms with Crippen LogP contribution in [-0.2, 0) is 27.2 Å². The number of ether oxygens (including phenoxy) is 1. The van der Waals surface area contributed by atoms with E-state index in [1.165, 1.54) is 11.3 Å². The van der Waals surface area contributed by atoms with Crippen molar-refractivity contribution in [1.82, 2.24) is 0 Å². The van der Waals surface area contributed by atoms with E-state index < -0.39 is 11.8 Å². The van der Waals surface area contributed by atoms with Crippen molar-refractivity contribution in [3.63, 3.8) is 0 Å². The predicted octanol–water partition coefficient (Wildman–Crippen LogP) is 2.01. The maximum Gasteiger partial charge on any atom is 0.306 e. The van der Waals surface area contributed by atoms with Gasteiger partial charge in [0.25, 0.3) is 11.8 Å². The number of amides is 2. The van der Waals surface area contributed by atoms with Gasteiger partial charge >= 0.3 is 5.97 Å². The first kappa shape index (κ1) is 16.5.